The van der Waals surface area contributed by atoms with Gasteiger partial charge < -0.3 is 10.1 Å². The zero-order valence-corrected chi connectivity index (χ0v) is 16.9. The third-order valence-electron chi connectivity index (χ3n) is 5.41. The van der Waals surface area contributed by atoms with Gasteiger partial charge in [0.1, 0.15) is 11.2 Å². The van der Waals surface area contributed by atoms with Crippen molar-refractivity contribution in [1.82, 2.24) is 24.6 Å². The van der Waals surface area contributed by atoms with E-state index in [2.05, 4.69) is 15.4 Å². The van der Waals surface area contributed by atoms with E-state index in [1.807, 2.05) is 0 Å². The number of thioether (sulfide) groups is 1. The van der Waals surface area contributed by atoms with Crippen LogP contribution in [0, 0.1) is 5.82 Å². The fourth-order valence-corrected chi connectivity index (χ4v) is 5.00. The number of nitrogens with one attached hydrogen (secondary N) is 1. The number of carbonyl (C=O) groups is 1. The zero-order chi connectivity index (χ0) is 20.7. The lowest BCUT2D eigenvalue weighted by Crippen LogP contribution is -2.34. The number of amides is 1. The summed E-state index contributed by atoms with van der Waals surface area (Å²) in [7, 11) is 0. The number of halogens is 1. The summed E-state index contributed by atoms with van der Waals surface area (Å²) in [4.78, 5) is 30.1. The lowest BCUT2D eigenvalue weighted by Gasteiger charge is -2.15. The smallest absolute Gasteiger partial charge is 0.265 e. The molecule has 0 bridgehead atoms. The lowest BCUT2D eigenvalue weighted by molar-refractivity contribution is -0.122. The molecule has 5 rings (SSSR count). The largest absolute Gasteiger partial charge is 0.376 e. The van der Waals surface area contributed by atoms with Crippen LogP contribution in [0.25, 0.3) is 16.7 Å². The average molecular weight is 429 g/mol. The SMILES string of the molecule is O=C(C[C@H]1CSc2nc3c(cnn3-c3ccc(F)cc3)c(=O)n21)NC[C@@H]1CCCO1. The summed E-state index contributed by atoms with van der Waals surface area (Å²) >= 11 is 1.45. The van der Waals surface area contributed by atoms with Crippen molar-refractivity contribution < 1.29 is 13.9 Å². The predicted molar refractivity (Wildman–Crippen MR) is 109 cm³/mol. The van der Waals surface area contributed by atoms with Gasteiger partial charge in [-0.05, 0) is 37.1 Å². The monoisotopic (exact) mass is 429 g/mol. The second kappa shape index (κ2) is 7.84. The standard InChI is InChI=1S/C20H20FN5O3S/c21-12-3-5-13(6-4-12)26-18-16(10-23-26)19(28)25-14(11-30-20(25)24-18)8-17(27)22-9-15-2-1-7-29-15/h3-6,10,14-15H,1-2,7-9,11H2,(H,22,27)/t14-,15-/m0/s1. The van der Waals surface area contributed by atoms with Gasteiger partial charge in [-0.1, -0.05) is 11.8 Å². The number of fused-ring (bicyclic) bond motifs is 2. The maximum atomic E-state index is 13.2. The van der Waals surface area contributed by atoms with Crippen LogP contribution in [0.3, 0.4) is 0 Å². The van der Waals surface area contributed by atoms with E-state index in [9.17, 15) is 14.0 Å². The number of aromatic nitrogens is 4. The Morgan fingerprint density at radius 3 is 2.93 bits per heavy atom. The first-order chi connectivity index (χ1) is 14.6. The summed E-state index contributed by atoms with van der Waals surface area (Å²) in [6.07, 6.45) is 3.75. The first-order valence-electron chi connectivity index (χ1n) is 9.87. The summed E-state index contributed by atoms with van der Waals surface area (Å²) in [6.45, 7) is 1.25. The molecule has 8 nitrogen and oxygen atoms in total. The molecule has 4 heterocycles. The van der Waals surface area contributed by atoms with Crippen LogP contribution in [0.5, 0.6) is 0 Å². The molecule has 3 aromatic rings. The van der Waals surface area contributed by atoms with Gasteiger partial charge >= 0.3 is 0 Å². The highest BCUT2D eigenvalue weighted by molar-refractivity contribution is 7.99. The summed E-state index contributed by atoms with van der Waals surface area (Å²) in [5.74, 6) is 0.157. The average Bonchev–Trinajstić information content (AvgIpc) is 3.48. The number of hydrogen-bond donors (Lipinski definition) is 1. The minimum absolute atomic E-state index is 0.0838. The number of benzene rings is 1. The van der Waals surface area contributed by atoms with Crippen molar-refractivity contribution in [3.05, 3.63) is 46.6 Å². The van der Waals surface area contributed by atoms with E-state index in [0.717, 1.165) is 19.4 Å². The Hall–Kier alpha value is -2.72. The van der Waals surface area contributed by atoms with Crippen LogP contribution >= 0.6 is 11.8 Å². The third-order valence-corrected chi connectivity index (χ3v) is 6.51. The van der Waals surface area contributed by atoms with Crippen molar-refractivity contribution in [3.63, 3.8) is 0 Å². The number of nitrogens with zero attached hydrogens (tertiary/aromatic N) is 4. The van der Waals surface area contributed by atoms with Crippen LogP contribution in [0.1, 0.15) is 25.3 Å². The fourth-order valence-electron chi connectivity index (χ4n) is 3.87. The molecule has 156 valence electrons. The second-order valence-corrected chi connectivity index (χ2v) is 8.43. The molecule has 0 aliphatic carbocycles. The Kier molecular flexibility index (Phi) is 5.03. The molecule has 2 aliphatic heterocycles. The van der Waals surface area contributed by atoms with Gasteiger partial charge in [-0.25, -0.2) is 14.1 Å². The zero-order valence-electron chi connectivity index (χ0n) is 16.1. The van der Waals surface area contributed by atoms with E-state index >= 15 is 0 Å². The first-order valence-corrected chi connectivity index (χ1v) is 10.9. The highest BCUT2D eigenvalue weighted by Gasteiger charge is 2.30. The Bertz CT molecular complexity index is 1150. The van der Waals surface area contributed by atoms with Crippen molar-refractivity contribution in [2.45, 2.75) is 36.6 Å². The molecule has 1 amide bonds. The molecule has 10 heteroatoms. The Labute approximate surface area is 175 Å². The van der Waals surface area contributed by atoms with Crippen LogP contribution in [0.4, 0.5) is 4.39 Å². The molecule has 2 atom stereocenters. The Morgan fingerprint density at radius 1 is 1.33 bits per heavy atom. The molecule has 2 aromatic heterocycles. The maximum absolute atomic E-state index is 13.2. The van der Waals surface area contributed by atoms with Crippen LogP contribution in [-0.4, -0.2) is 50.2 Å². The molecule has 0 unspecified atom stereocenters. The lowest BCUT2D eigenvalue weighted by atomic mass is 10.2. The molecular formula is C20H20FN5O3S. The van der Waals surface area contributed by atoms with Gasteiger partial charge in [0.2, 0.25) is 5.91 Å². The molecule has 2 aliphatic rings. The normalized spacial score (nSPS) is 20.6. The van der Waals surface area contributed by atoms with Gasteiger partial charge in [0.25, 0.3) is 5.56 Å². The van der Waals surface area contributed by atoms with Crippen LogP contribution in [0.15, 0.2) is 40.4 Å². The summed E-state index contributed by atoms with van der Waals surface area (Å²) < 4.78 is 21.9. The van der Waals surface area contributed by atoms with E-state index in [4.69, 9.17) is 4.74 Å². The summed E-state index contributed by atoms with van der Waals surface area (Å²) in [5, 5.41) is 8.12. The third kappa shape index (κ3) is 3.50. The molecule has 1 N–H and O–H groups in total. The number of hydrogen-bond acceptors (Lipinski definition) is 6. The van der Waals surface area contributed by atoms with E-state index < -0.39 is 0 Å². The van der Waals surface area contributed by atoms with Crippen molar-refractivity contribution in [1.29, 1.82) is 0 Å². The predicted octanol–water partition coefficient (Wildman–Crippen LogP) is 2.05. The molecule has 0 radical (unpaired) electrons. The molecule has 1 fully saturated rings. The summed E-state index contributed by atoms with van der Waals surface area (Å²) in [6, 6.07) is 5.59. The second-order valence-electron chi connectivity index (χ2n) is 7.45. The number of rotatable bonds is 5. The van der Waals surface area contributed by atoms with Crippen LogP contribution < -0.4 is 10.9 Å². The van der Waals surface area contributed by atoms with Gasteiger partial charge in [-0.15, -0.1) is 0 Å². The minimum Gasteiger partial charge on any atom is -0.376 e. The highest BCUT2D eigenvalue weighted by atomic mass is 32.2. The quantitative estimate of drug-likeness (QED) is 0.625. The maximum Gasteiger partial charge on any atom is 0.265 e. The molecule has 0 spiro atoms. The molecular weight excluding hydrogens is 409 g/mol. The highest BCUT2D eigenvalue weighted by Crippen LogP contribution is 2.33. The van der Waals surface area contributed by atoms with Gasteiger partial charge in [-0.3, -0.25) is 14.2 Å². The van der Waals surface area contributed by atoms with E-state index in [-0.39, 0.29) is 35.9 Å². The van der Waals surface area contributed by atoms with Crippen molar-refractivity contribution in [3.8, 4) is 5.69 Å². The van der Waals surface area contributed by atoms with Crippen LogP contribution in [-0.2, 0) is 9.53 Å². The molecule has 1 aromatic carbocycles. The van der Waals surface area contributed by atoms with Crippen LogP contribution in [0.2, 0.25) is 0 Å². The molecule has 0 saturated carbocycles. The topological polar surface area (TPSA) is 91.0 Å². The van der Waals surface area contributed by atoms with E-state index in [0.29, 0.717) is 34.2 Å². The molecule has 30 heavy (non-hydrogen) atoms. The Balaban J connectivity index is 1.39. The van der Waals surface area contributed by atoms with E-state index in [1.165, 1.54) is 34.8 Å². The number of ether oxygens (including phenoxy) is 1. The number of carbonyl (C=O) groups excluding carboxylic acids is 1. The fraction of sp³-hybridized carbons (Fsp3) is 0.400. The van der Waals surface area contributed by atoms with E-state index in [1.54, 1.807) is 16.7 Å². The first kappa shape index (κ1) is 19.3. The van der Waals surface area contributed by atoms with Gasteiger partial charge in [0.05, 0.1) is 24.0 Å². The van der Waals surface area contributed by atoms with Crippen molar-refractivity contribution in [2.24, 2.45) is 0 Å². The van der Waals surface area contributed by atoms with Crippen molar-refractivity contribution >= 4 is 28.7 Å². The van der Waals surface area contributed by atoms with Gasteiger partial charge in [-0.2, -0.15) is 5.10 Å². The molecule has 1 saturated heterocycles. The summed E-state index contributed by atoms with van der Waals surface area (Å²) in [5.41, 5.74) is 0.829. The Morgan fingerprint density at radius 2 is 2.17 bits per heavy atom. The van der Waals surface area contributed by atoms with Gasteiger partial charge in [0.15, 0.2) is 10.8 Å². The minimum atomic E-state index is -0.347. The van der Waals surface area contributed by atoms with Crippen molar-refractivity contribution in [2.75, 3.05) is 18.9 Å². The van der Waals surface area contributed by atoms with Gasteiger partial charge in [0, 0.05) is 25.3 Å².